The van der Waals surface area contributed by atoms with Crippen LogP contribution in [-0.4, -0.2) is 30.4 Å². The number of benzene rings is 2. The molecule has 0 radical (unpaired) electrons. The Morgan fingerprint density at radius 2 is 1.69 bits per heavy atom. The highest BCUT2D eigenvalue weighted by molar-refractivity contribution is 5.89. The Morgan fingerprint density at radius 1 is 1.04 bits per heavy atom. The molecule has 26 heavy (non-hydrogen) atoms. The molecule has 1 atom stereocenters. The van der Waals surface area contributed by atoms with E-state index in [2.05, 4.69) is 10.6 Å². The smallest absolute Gasteiger partial charge is 0.330 e. The second-order valence-electron chi connectivity index (χ2n) is 5.69. The number of ether oxygens (including phenoxy) is 1. The zero-order valence-electron chi connectivity index (χ0n) is 14.4. The molecule has 0 saturated heterocycles. The van der Waals surface area contributed by atoms with Crippen LogP contribution in [0.2, 0.25) is 0 Å². The van der Waals surface area contributed by atoms with E-state index in [-0.39, 0.29) is 12.5 Å². The Kier molecular flexibility index (Phi) is 6.87. The van der Waals surface area contributed by atoms with E-state index < -0.39 is 17.9 Å². The van der Waals surface area contributed by atoms with Crippen LogP contribution in [0.1, 0.15) is 12.5 Å². The molecule has 0 aliphatic carbocycles. The Balaban J connectivity index is 1.77. The van der Waals surface area contributed by atoms with Crippen LogP contribution in [0.25, 0.3) is 0 Å². The minimum atomic E-state index is -0.748. The molecule has 0 unspecified atom stereocenters. The number of hydrogen-bond acceptors (Lipinski definition) is 5. The zero-order valence-corrected chi connectivity index (χ0v) is 14.4. The molecule has 0 heterocycles. The summed E-state index contributed by atoms with van der Waals surface area (Å²) in [6.07, 6.45) is 0.381. The third-order valence-electron chi connectivity index (χ3n) is 3.45. The first-order valence-corrected chi connectivity index (χ1v) is 8.09. The maximum Gasteiger partial charge on any atom is 0.330 e. The number of nitrogens with one attached hydrogen (secondary N) is 2. The maximum absolute atomic E-state index is 12.0. The summed E-state index contributed by atoms with van der Waals surface area (Å²) in [5, 5.41) is 5.07. The fourth-order valence-electron chi connectivity index (χ4n) is 2.23. The van der Waals surface area contributed by atoms with Gasteiger partial charge in [-0.05, 0) is 36.2 Å². The van der Waals surface area contributed by atoms with Crippen LogP contribution >= 0.6 is 0 Å². The fraction of sp³-hybridized carbons (Fsp3) is 0.211. The van der Waals surface area contributed by atoms with E-state index in [1.165, 1.54) is 6.92 Å². The molecular weight excluding hydrogens is 334 g/mol. The van der Waals surface area contributed by atoms with Crippen molar-refractivity contribution in [1.29, 1.82) is 0 Å². The summed E-state index contributed by atoms with van der Waals surface area (Å²) in [6, 6.07) is 15.0. The Hall–Kier alpha value is -3.19. The lowest BCUT2D eigenvalue weighted by Gasteiger charge is -2.12. The average Bonchev–Trinajstić information content (AvgIpc) is 2.61. The average molecular weight is 355 g/mol. The molecule has 2 aromatic carbocycles. The normalized spacial score (nSPS) is 11.3. The number of carbonyl (C=O) groups excluding carboxylic acids is 3. The van der Waals surface area contributed by atoms with E-state index in [9.17, 15) is 14.4 Å². The lowest BCUT2D eigenvalue weighted by molar-refractivity contribution is -0.135. The number of amides is 2. The van der Waals surface area contributed by atoms with E-state index in [1.807, 2.05) is 30.3 Å². The molecule has 136 valence electrons. The standard InChI is InChI=1S/C19H21N3O4/c1-13(23)22-15-7-9-16(10-8-15)26-18(24)12-21-19(25)17(20)11-14-5-3-2-4-6-14/h2-10,17H,11-12,20H2,1H3,(H,21,25)(H,22,23)/t17-/m0/s1. The largest absolute Gasteiger partial charge is 0.425 e. The Bertz CT molecular complexity index is 760. The van der Waals surface area contributed by atoms with Crippen LogP contribution < -0.4 is 21.1 Å². The van der Waals surface area contributed by atoms with Crippen molar-refractivity contribution in [1.82, 2.24) is 5.32 Å². The maximum atomic E-state index is 12.0. The molecule has 2 rings (SSSR count). The Morgan fingerprint density at radius 3 is 2.31 bits per heavy atom. The minimum absolute atomic E-state index is 0.190. The van der Waals surface area contributed by atoms with E-state index in [0.29, 0.717) is 17.9 Å². The van der Waals surface area contributed by atoms with Crippen LogP contribution in [0.3, 0.4) is 0 Å². The summed E-state index contributed by atoms with van der Waals surface area (Å²) < 4.78 is 5.12. The highest BCUT2D eigenvalue weighted by atomic mass is 16.5. The van der Waals surface area contributed by atoms with Crippen molar-refractivity contribution in [2.24, 2.45) is 5.73 Å². The molecule has 7 nitrogen and oxygen atoms in total. The van der Waals surface area contributed by atoms with Crippen molar-refractivity contribution >= 4 is 23.5 Å². The van der Waals surface area contributed by atoms with Crippen molar-refractivity contribution in [2.75, 3.05) is 11.9 Å². The van der Waals surface area contributed by atoms with Crippen LogP contribution in [0.15, 0.2) is 54.6 Å². The van der Waals surface area contributed by atoms with E-state index in [0.717, 1.165) is 5.56 Å². The van der Waals surface area contributed by atoms with Crippen LogP contribution in [0, 0.1) is 0 Å². The molecule has 2 aromatic rings. The number of anilines is 1. The predicted octanol–water partition coefficient (Wildman–Crippen LogP) is 1.24. The number of esters is 1. The van der Waals surface area contributed by atoms with Gasteiger partial charge in [0.05, 0.1) is 6.04 Å². The van der Waals surface area contributed by atoms with E-state index >= 15 is 0 Å². The summed E-state index contributed by atoms with van der Waals surface area (Å²) in [6.45, 7) is 1.12. The topological polar surface area (TPSA) is 111 Å². The first-order valence-electron chi connectivity index (χ1n) is 8.09. The fourth-order valence-corrected chi connectivity index (χ4v) is 2.23. The third kappa shape index (κ3) is 6.37. The van der Waals surface area contributed by atoms with Crippen molar-refractivity contribution in [3.63, 3.8) is 0 Å². The van der Waals surface area contributed by atoms with Crippen molar-refractivity contribution in [2.45, 2.75) is 19.4 Å². The molecule has 4 N–H and O–H groups in total. The molecule has 0 aromatic heterocycles. The molecule has 0 fully saturated rings. The van der Waals surface area contributed by atoms with Gasteiger partial charge < -0.3 is 21.1 Å². The van der Waals surface area contributed by atoms with Gasteiger partial charge in [0.1, 0.15) is 12.3 Å². The summed E-state index contributed by atoms with van der Waals surface area (Å²) in [7, 11) is 0. The molecule has 0 bridgehead atoms. The van der Waals surface area contributed by atoms with Gasteiger partial charge in [-0.2, -0.15) is 0 Å². The summed E-state index contributed by atoms with van der Waals surface area (Å²) in [4.78, 5) is 34.7. The molecule has 7 heteroatoms. The molecule has 2 amide bonds. The quantitative estimate of drug-likeness (QED) is 0.511. The van der Waals surface area contributed by atoms with Crippen LogP contribution in [-0.2, 0) is 20.8 Å². The molecule has 0 spiro atoms. The van der Waals surface area contributed by atoms with Gasteiger partial charge in [-0.25, -0.2) is 4.79 Å². The highest BCUT2D eigenvalue weighted by Gasteiger charge is 2.15. The molecule has 0 saturated carbocycles. The lowest BCUT2D eigenvalue weighted by atomic mass is 10.1. The SMILES string of the molecule is CC(=O)Nc1ccc(OC(=O)CNC(=O)[C@@H](N)Cc2ccccc2)cc1. The van der Waals surface area contributed by atoms with Gasteiger partial charge in [0.25, 0.3) is 0 Å². The third-order valence-corrected chi connectivity index (χ3v) is 3.45. The number of carbonyl (C=O) groups is 3. The first-order chi connectivity index (χ1) is 12.4. The highest BCUT2D eigenvalue weighted by Crippen LogP contribution is 2.15. The Labute approximate surface area is 151 Å². The van der Waals surface area contributed by atoms with Crippen molar-refractivity contribution in [3.8, 4) is 5.75 Å². The zero-order chi connectivity index (χ0) is 18.9. The van der Waals surface area contributed by atoms with Gasteiger partial charge in [-0.3, -0.25) is 9.59 Å². The lowest BCUT2D eigenvalue weighted by Crippen LogP contribution is -2.44. The van der Waals surface area contributed by atoms with E-state index in [1.54, 1.807) is 24.3 Å². The first kappa shape index (κ1) is 19.1. The summed E-state index contributed by atoms with van der Waals surface area (Å²) in [5.41, 5.74) is 7.38. The van der Waals surface area contributed by atoms with Crippen molar-refractivity contribution in [3.05, 3.63) is 60.2 Å². The van der Waals surface area contributed by atoms with Gasteiger partial charge in [0.2, 0.25) is 11.8 Å². The van der Waals surface area contributed by atoms with Gasteiger partial charge >= 0.3 is 5.97 Å². The monoisotopic (exact) mass is 355 g/mol. The van der Waals surface area contributed by atoms with Crippen LogP contribution in [0.4, 0.5) is 5.69 Å². The number of rotatable bonds is 7. The van der Waals surface area contributed by atoms with Crippen LogP contribution in [0.5, 0.6) is 5.75 Å². The van der Waals surface area contributed by atoms with Gasteiger partial charge in [0.15, 0.2) is 0 Å². The van der Waals surface area contributed by atoms with Crippen molar-refractivity contribution < 1.29 is 19.1 Å². The molecule has 0 aliphatic heterocycles. The van der Waals surface area contributed by atoms with Gasteiger partial charge in [-0.1, -0.05) is 30.3 Å². The molecule has 0 aliphatic rings. The second kappa shape index (κ2) is 9.33. The number of nitrogens with two attached hydrogens (primary N) is 1. The summed E-state index contributed by atoms with van der Waals surface area (Å²) in [5.74, 6) is -0.916. The second-order valence-corrected chi connectivity index (χ2v) is 5.69. The van der Waals surface area contributed by atoms with Gasteiger partial charge in [-0.15, -0.1) is 0 Å². The molecular formula is C19H21N3O4. The van der Waals surface area contributed by atoms with E-state index in [4.69, 9.17) is 10.5 Å². The number of hydrogen-bond donors (Lipinski definition) is 3. The minimum Gasteiger partial charge on any atom is -0.425 e. The predicted molar refractivity (Wildman–Crippen MR) is 97.5 cm³/mol. The van der Waals surface area contributed by atoms with Gasteiger partial charge in [0, 0.05) is 12.6 Å². The summed E-state index contributed by atoms with van der Waals surface area (Å²) >= 11 is 0.